The van der Waals surface area contributed by atoms with Gasteiger partial charge in [-0.1, -0.05) is 31.1 Å². The van der Waals surface area contributed by atoms with Crippen LogP contribution in [0.15, 0.2) is 29.4 Å². The topological polar surface area (TPSA) is 58.9 Å². The third-order valence-electron chi connectivity index (χ3n) is 2.35. The highest BCUT2D eigenvalue weighted by Crippen LogP contribution is 2.26. The molecule has 1 aliphatic heterocycles. The van der Waals surface area contributed by atoms with E-state index in [9.17, 15) is 4.79 Å². The third kappa shape index (κ3) is 3.31. The largest absolute Gasteiger partial charge is 0.478 e. The number of rotatable bonds is 2. The first-order chi connectivity index (χ1) is 8.16. The minimum atomic E-state index is -0.915. The van der Waals surface area contributed by atoms with Gasteiger partial charge < -0.3 is 9.94 Å². The van der Waals surface area contributed by atoms with E-state index in [-0.39, 0.29) is 11.7 Å². The predicted octanol–water partition coefficient (Wildman–Crippen LogP) is 3.25. The molecule has 1 N–H and O–H groups in total. The van der Waals surface area contributed by atoms with Gasteiger partial charge in [-0.05, 0) is 24.6 Å². The number of aromatic carboxylic acids is 1. The van der Waals surface area contributed by atoms with Crippen molar-refractivity contribution in [2.45, 2.75) is 33.3 Å². The van der Waals surface area contributed by atoms with Gasteiger partial charge in [0.1, 0.15) is 0 Å². The van der Waals surface area contributed by atoms with Gasteiger partial charge in [0.15, 0.2) is 6.10 Å². The van der Waals surface area contributed by atoms with Crippen LogP contribution in [0.1, 0.15) is 49.2 Å². The van der Waals surface area contributed by atoms with E-state index in [0.29, 0.717) is 0 Å². The van der Waals surface area contributed by atoms with Crippen LogP contribution in [-0.2, 0) is 4.84 Å². The molecule has 2 rings (SSSR count). The second kappa shape index (κ2) is 6.03. The van der Waals surface area contributed by atoms with E-state index in [1.807, 2.05) is 20.8 Å². The van der Waals surface area contributed by atoms with Crippen LogP contribution in [0.5, 0.6) is 0 Å². The van der Waals surface area contributed by atoms with Gasteiger partial charge in [0.05, 0.1) is 11.3 Å². The zero-order valence-corrected chi connectivity index (χ0v) is 10.3. The molecule has 0 aliphatic carbocycles. The molecule has 1 heterocycles. The Kier molecular flexibility index (Phi) is 4.69. The quantitative estimate of drug-likeness (QED) is 0.856. The van der Waals surface area contributed by atoms with Gasteiger partial charge in [-0.15, -0.1) is 0 Å². The first-order valence-corrected chi connectivity index (χ1v) is 5.69. The van der Waals surface area contributed by atoms with E-state index < -0.39 is 5.97 Å². The maximum atomic E-state index is 10.6. The Labute approximate surface area is 101 Å². The van der Waals surface area contributed by atoms with Crippen molar-refractivity contribution in [1.82, 2.24) is 0 Å². The summed E-state index contributed by atoms with van der Waals surface area (Å²) in [4.78, 5) is 15.8. The van der Waals surface area contributed by atoms with E-state index in [2.05, 4.69) is 5.16 Å². The summed E-state index contributed by atoms with van der Waals surface area (Å²) in [7, 11) is 0. The molecule has 0 saturated carbocycles. The van der Waals surface area contributed by atoms with Crippen LogP contribution in [0.2, 0.25) is 0 Å². The summed E-state index contributed by atoms with van der Waals surface area (Å²) < 4.78 is 0. The molecule has 4 nitrogen and oxygen atoms in total. The Morgan fingerprint density at radius 3 is 2.35 bits per heavy atom. The van der Waals surface area contributed by atoms with Crippen molar-refractivity contribution in [2.75, 3.05) is 0 Å². The fourth-order valence-corrected chi connectivity index (χ4v) is 1.52. The van der Waals surface area contributed by atoms with Crippen molar-refractivity contribution < 1.29 is 14.7 Å². The van der Waals surface area contributed by atoms with Crippen molar-refractivity contribution in [3.05, 3.63) is 35.4 Å². The Bertz CT molecular complexity index is 409. The van der Waals surface area contributed by atoms with Crippen molar-refractivity contribution >= 4 is 11.7 Å². The van der Waals surface area contributed by atoms with Crippen LogP contribution in [-0.4, -0.2) is 16.8 Å². The van der Waals surface area contributed by atoms with Crippen molar-refractivity contribution in [3.8, 4) is 0 Å². The normalized spacial score (nSPS) is 17.6. The lowest BCUT2D eigenvalue weighted by Crippen LogP contribution is -2.00. The number of nitrogens with zero attached hydrogens (tertiary/aromatic N) is 1. The smallest absolute Gasteiger partial charge is 0.335 e. The third-order valence-corrected chi connectivity index (χ3v) is 2.35. The molecule has 0 amide bonds. The van der Waals surface area contributed by atoms with Crippen molar-refractivity contribution in [2.24, 2.45) is 5.16 Å². The summed E-state index contributed by atoms with van der Waals surface area (Å²) in [5, 5.41) is 12.6. The van der Waals surface area contributed by atoms with Gasteiger partial charge in [-0.3, -0.25) is 0 Å². The number of benzene rings is 1. The molecular formula is C13H17NO3. The van der Waals surface area contributed by atoms with Gasteiger partial charge in [-0.25, -0.2) is 4.79 Å². The Morgan fingerprint density at radius 1 is 1.35 bits per heavy atom. The number of hydrogen-bond donors (Lipinski definition) is 1. The number of carboxylic acid groups (broad SMARTS) is 1. The van der Waals surface area contributed by atoms with Crippen LogP contribution >= 0.6 is 0 Å². The molecule has 1 atom stereocenters. The molecule has 92 valence electrons. The summed E-state index contributed by atoms with van der Waals surface area (Å²) in [5.74, 6) is -0.915. The standard InChI is InChI=1S/C11H11NO3.C2H6/c1-7-6-10(15-12-7)8-2-4-9(5-3-8)11(13)14;1-2/h2-5,10H,6H2,1H3,(H,13,14);1-2H3. The SMILES string of the molecule is CC.CC1=NOC(c2ccc(C(=O)O)cc2)C1. The molecule has 0 saturated heterocycles. The second-order valence-electron chi connectivity index (χ2n) is 3.55. The molecule has 4 heteroatoms. The summed E-state index contributed by atoms with van der Waals surface area (Å²) in [6.45, 7) is 5.91. The van der Waals surface area contributed by atoms with E-state index in [4.69, 9.17) is 9.94 Å². The zero-order chi connectivity index (χ0) is 12.8. The summed E-state index contributed by atoms with van der Waals surface area (Å²) >= 11 is 0. The minimum absolute atomic E-state index is 0.0622. The predicted molar refractivity (Wildman–Crippen MR) is 66.3 cm³/mol. The van der Waals surface area contributed by atoms with Crippen LogP contribution in [0, 0.1) is 0 Å². The van der Waals surface area contributed by atoms with E-state index in [1.54, 1.807) is 24.3 Å². The number of carboxylic acids is 1. The molecule has 1 unspecified atom stereocenters. The average Bonchev–Trinajstić information content (AvgIpc) is 2.79. The summed E-state index contributed by atoms with van der Waals surface area (Å²) in [5.41, 5.74) is 2.21. The maximum Gasteiger partial charge on any atom is 0.335 e. The molecular weight excluding hydrogens is 218 g/mol. The van der Waals surface area contributed by atoms with Crippen LogP contribution in [0.4, 0.5) is 0 Å². The van der Waals surface area contributed by atoms with Crippen LogP contribution < -0.4 is 0 Å². The molecule has 0 aromatic heterocycles. The van der Waals surface area contributed by atoms with Gasteiger partial charge in [0, 0.05) is 6.42 Å². The number of carbonyl (C=O) groups is 1. The van der Waals surface area contributed by atoms with Gasteiger partial charge >= 0.3 is 5.97 Å². The molecule has 1 aliphatic rings. The second-order valence-corrected chi connectivity index (χ2v) is 3.55. The van der Waals surface area contributed by atoms with Crippen LogP contribution in [0.3, 0.4) is 0 Å². The van der Waals surface area contributed by atoms with E-state index in [0.717, 1.165) is 17.7 Å². The maximum absolute atomic E-state index is 10.6. The molecule has 17 heavy (non-hydrogen) atoms. The highest BCUT2D eigenvalue weighted by atomic mass is 16.6. The lowest BCUT2D eigenvalue weighted by molar-refractivity contribution is 0.0695. The Morgan fingerprint density at radius 2 is 1.94 bits per heavy atom. The van der Waals surface area contributed by atoms with Crippen molar-refractivity contribution in [3.63, 3.8) is 0 Å². The minimum Gasteiger partial charge on any atom is -0.478 e. The first kappa shape index (κ1) is 13.2. The van der Waals surface area contributed by atoms with E-state index >= 15 is 0 Å². The fraction of sp³-hybridized carbons (Fsp3) is 0.385. The molecule has 0 fully saturated rings. The van der Waals surface area contributed by atoms with Crippen LogP contribution in [0.25, 0.3) is 0 Å². The molecule has 1 aromatic carbocycles. The first-order valence-electron chi connectivity index (χ1n) is 5.69. The lowest BCUT2D eigenvalue weighted by Gasteiger charge is -2.07. The van der Waals surface area contributed by atoms with Gasteiger partial charge in [0.2, 0.25) is 0 Å². The molecule has 0 radical (unpaired) electrons. The Hall–Kier alpha value is -1.84. The number of hydrogen-bond acceptors (Lipinski definition) is 3. The molecule has 1 aromatic rings. The highest BCUT2D eigenvalue weighted by molar-refractivity contribution is 5.87. The van der Waals surface area contributed by atoms with Gasteiger partial charge in [-0.2, -0.15) is 0 Å². The molecule has 0 spiro atoms. The van der Waals surface area contributed by atoms with Gasteiger partial charge in [0.25, 0.3) is 0 Å². The fourth-order valence-electron chi connectivity index (χ4n) is 1.52. The Balaban J connectivity index is 0.000000686. The van der Waals surface area contributed by atoms with Crippen molar-refractivity contribution in [1.29, 1.82) is 0 Å². The number of oxime groups is 1. The zero-order valence-electron chi connectivity index (χ0n) is 10.3. The monoisotopic (exact) mass is 235 g/mol. The highest BCUT2D eigenvalue weighted by Gasteiger charge is 2.20. The summed E-state index contributed by atoms with van der Waals surface area (Å²) in [6, 6.07) is 6.69. The van der Waals surface area contributed by atoms with E-state index in [1.165, 1.54) is 0 Å². The lowest BCUT2D eigenvalue weighted by atomic mass is 10.0. The summed E-state index contributed by atoms with van der Waals surface area (Å²) in [6.07, 6.45) is 0.708. The molecule has 0 bridgehead atoms. The average molecular weight is 235 g/mol.